The van der Waals surface area contributed by atoms with Crippen LogP contribution < -0.4 is 5.32 Å². The predicted octanol–water partition coefficient (Wildman–Crippen LogP) is 1.97. The lowest BCUT2D eigenvalue weighted by Crippen LogP contribution is -2.29. The summed E-state index contributed by atoms with van der Waals surface area (Å²) in [5.74, 6) is -0.198. The third kappa shape index (κ3) is 3.15. The van der Waals surface area contributed by atoms with Gasteiger partial charge in [0.15, 0.2) is 0 Å². The van der Waals surface area contributed by atoms with Crippen LogP contribution in [0.5, 0.6) is 0 Å². The lowest BCUT2D eigenvalue weighted by atomic mass is 10.1. The molecule has 0 aromatic carbocycles. The molecule has 4 rings (SSSR count). The van der Waals surface area contributed by atoms with Gasteiger partial charge in [0.2, 0.25) is 5.82 Å². The second kappa shape index (κ2) is 6.18. The normalized spacial score (nSPS) is 16.4. The van der Waals surface area contributed by atoms with Crippen molar-refractivity contribution in [2.45, 2.75) is 25.2 Å². The molecule has 0 radical (unpaired) electrons. The van der Waals surface area contributed by atoms with E-state index in [9.17, 15) is 18.0 Å². The highest BCUT2D eigenvalue weighted by molar-refractivity contribution is 5.90. The highest BCUT2D eigenvalue weighted by atomic mass is 19.4. The maximum atomic E-state index is 12.9. The van der Waals surface area contributed by atoms with E-state index in [4.69, 9.17) is 0 Å². The minimum Gasteiger partial charge on any atom is -0.341 e. The fourth-order valence-electron chi connectivity index (χ4n) is 3.05. The lowest BCUT2D eigenvalue weighted by Gasteiger charge is -2.11. The summed E-state index contributed by atoms with van der Waals surface area (Å²) >= 11 is 0. The van der Waals surface area contributed by atoms with Gasteiger partial charge in [0, 0.05) is 25.4 Å². The second-order valence-electron chi connectivity index (χ2n) is 6.13. The van der Waals surface area contributed by atoms with Gasteiger partial charge in [-0.2, -0.15) is 23.4 Å². The Bertz CT molecular complexity index is 1010. The van der Waals surface area contributed by atoms with E-state index < -0.39 is 11.9 Å². The van der Waals surface area contributed by atoms with E-state index in [0.717, 1.165) is 18.0 Å². The van der Waals surface area contributed by atoms with Crippen molar-refractivity contribution in [3.05, 3.63) is 47.9 Å². The highest BCUT2D eigenvalue weighted by Gasteiger charge is 2.33. The Kier molecular flexibility index (Phi) is 3.93. The Hall–Kier alpha value is -3.24. The largest absolute Gasteiger partial charge is 0.433 e. The van der Waals surface area contributed by atoms with E-state index in [1.165, 1.54) is 17.1 Å². The van der Waals surface area contributed by atoms with Crippen LogP contribution in [0.1, 0.15) is 34.5 Å². The zero-order valence-corrected chi connectivity index (χ0v) is 14.1. The molecule has 0 saturated heterocycles. The Balaban J connectivity index is 1.58. The van der Waals surface area contributed by atoms with E-state index in [2.05, 4.69) is 25.5 Å². The molecule has 11 heteroatoms. The molecule has 0 fully saturated rings. The summed E-state index contributed by atoms with van der Waals surface area (Å²) < 4.78 is 41.7. The van der Waals surface area contributed by atoms with E-state index in [1.54, 1.807) is 17.8 Å². The smallest absolute Gasteiger partial charge is 0.341 e. The Morgan fingerprint density at radius 3 is 2.81 bits per heavy atom. The molecule has 1 atom stereocenters. The molecule has 0 unspecified atom stereocenters. The highest BCUT2D eigenvalue weighted by Crippen LogP contribution is 2.33. The number of pyridine rings is 1. The number of carbonyl (C=O) groups excluding carboxylic acids is 1. The standard InChI is InChI=1S/C16H14F3N7O/c1-25-14(21-8-22-25)15(27)23-10-3-5-26-12(10)7-11(24-26)9-2-4-20-13(6-9)16(17,18)19/h2,4,6-8,10H,3,5H2,1H3,(H,23,27)/t10-/m0/s1. The van der Waals surface area contributed by atoms with Gasteiger partial charge in [0.05, 0.1) is 17.4 Å². The molecule has 3 aromatic heterocycles. The van der Waals surface area contributed by atoms with Gasteiger partial charge in [-0.1, -0.05) is 0 Å². The first-order chi connectivity index (χ1) is 12.8. The number of halogens is 3. The van der Waals surface area contributed by atoms with Crippen molar-refractivity contribution >= 4 is 5.91 Å². The quantitative estimate of drug-likeness (QED) is 0.754. The van der Waals surface area contributed by atoms with Crippen LogP contribution in [0, 0.1) is 0 Å². The summed E-state index contributed by atoms with van der Waals surface area (Å²) in [6.45, 7) is 0.552. The van der Waals surface area contributed by atoms with Crippen LogP contribution in [-0.4, -0.2) is 35.4 Å². The summed E-state index contributed by atoms with van der Waals surface area (Å²) in [4.78, 5) is 19.6. The maximum absolute atomic E-state index is 12.9. The number of hydrogen-bond donors (Lipinski definition) is 1. The number of rotatable bonds is 3. The average molecular weight is 377 g/mol. The number of aromatic nitrogens is 6. The van der Waals surface area contributed by atoms with Gasteiger partial charge in [0.25, 0.3) is 5.91 Å². The van der Waals surface area contributed by atoms with Gasteiger partial charge in [-0.3, -0.25) is 14.5 Å². The van der Waals surface area contributed by atoms with Gasteiger partial charge in [-0.15, -0.1) is 0 Å². The minimum atomic E-state index is -4.52. The molecule has 1 aliphatic heterocycles. The van der Waals surface area contributed by atoms with Crippen LogP contribution in [0.2, 0.25) is 0 Å². The predicted molar refractivity (Wildman–Crippen MR) is 86.3 cm³/mol. The summed E-state index contributed by atoms with van der Waals surface area (Å²) in [6.07, 6.45) is -1.50. The number of hydrogen-bond acceptors (Lipinski definition) is 5. The number of nitrogens with one attached hydrogen (secondary N) is 1. The molecule has 3 aromatic rings. The number of carbonyl (C=O) groups is 1. The van der Waals surface area contributed by atoms with Crippen molar-refractivity contribution < 1.29 is 18.0 Å². The van der Waals surface area contributed by atoms with Crippen LogP contribution in [-0.2, 0) is 19.8 Å². The molecule has 27 heavy (non-hydrogen) atoms. The Morgan fingerprint density at radius 2 is 2.11 bits per heavy atom. The lowest BCUT2D eigenvalue weighted by molar-refractivity contribution is -0.141. The van der Waals surface area contributed by atoms with Crippen LogP contribution in [0.3, 0.4) is 0 Å². The van der Waals surface area contributed by atoms with E-state index in [-0.39, 0.29) is 17.8 Å². The Morgan fingerprint density at radius 1 is 1.30 bits per heavy atom. The fourth-order valence-corrected chi connectivity index (χ4v) is 3.05. The van der Waals surface area contributed by atoms with Crippen LogP contribution in [0.25, 0.3) is 11.3 Å². The number of alkyl halides is 3. The number of nitrogens with zero attached hydrogens (tertiary/aromatic N) is 6. The molecule has 1 aliphatic rings. The monoisotopic (exact) mass is 377 g/mol. The van der Waals surface area contributed by atoms with Crippen molar-refractivity contribution in [2.75, 3.05) is 0 Å². The van der Waals surface area contributed by atoms with E-state index in [0.29, 0.717) is 24.2 Å². The molecule has 1 amide bonds. The molecule has 4 heterocycles. The zero-order valence-electron chi connectivity index (χ0n) is 14.1. The Labute approximate surface area is 151 Å². The summed E-state index contributed by atoms with van der Waals surface area (Å²) in [5, 5.41) is 11.1. The average Bonchev–Trinajstić information content (AvgIpc) is 3.31. The molecule has 0 bridgehead atoms. The molecule has 0 aliphatic carbocycles. The zero-order chi connectivity index (χ0) is 19.2. The van der Waals surface area contributed by atoms with Crippen molar-refractivity contribution in [1.82, 2.24) is 34.8 Å². The number of amides is 1. The SMILES string of the molecule is Cn1ncnc1C(=O)N[C@H]1CCn2nc(-c3ccnc(C(F)(F)F)c3)cc21. The molecule has 0 saturated carbocycles. The number of fused-ring (bicyclic) bond motifs is 1. The molecular formula is C16H14F3N7O. The van der Waals surface area contributed by atoms with Crippen molar-refractivity contribution in [2.24, 2.45) is 7.05 Å². The van der Waals surface area contributed by atoms with Crippen LogP contribution >= 0.6 is 0 Å². The van der Waals surface area contributed by atoms with Gasteiger partial charge in [-0.05, 0) is 24.6 Å². The van der Waals surface area contributed by atoms with Gasteiger partial charge in [-0.25, -0.2) is 9.67 Å². The maximum Gasteiger partial charge on any atom is 0.433 e. The van der Waals surface area contributed by atoms with Crippen molar-refractivity contribution in [3.8, 4) is 11.3 Å². The van der Waals surface area contributed by atoms with Crippen molar-refractivity contribution in [1.29, 1.82) is 0 Å². The third-order valence-corrected chi connectivity index (χ3v) is 4.36. The molecule has 0 spiro atoms. The first-order valence-electron chi connectivity index (χ1n) is 8.09. The summed E-state index contributed by atoms with van der Waals surface area (Å²) in [7, 11) is 1.61. The summed E-state index contributed by atoms with van der Waals surface area (Å²) in [6, 6.07) is 3.81. The van der Waals surface area contributed by atoms with Crippen LogP contribution in [0.4, 0.5) is 13.2 Å². The summed E-state index contributed by atoms with van der Waals surface area (Å²) in [5.41, 5.74) is 0.472. The number of aryl methyl sites for hydroxylation is 2. The molecule has 140 valence electrons. The van der Waals surface area contributed by atoms with Gasteiger partial charge < -0.3 is 5.32 Å². The van der Waals surface area contributed by atoms with Crippen molar-refractivity contribution in [3.63, 3.8) is 0 Å². The first kappa shape index (κ1) is 17.2. The van der Waals surface area contributed by atoms with E-state index in [1.807, 2.05) is 0 Å². The minimum absolute atomic E-state index is 0.178. The molecule has 1 N–H and O–H groups in total. The molecule has 8 nitrogen and oxygen atoms in total. The van der Waals surface area contributed by atoms with E-state index >= 15 is 0 Å². The first-order valence-corrected chi connectivity index (χ1v) is 8.09. The van der Waals surface area contributed by atoms with Gasteiger partial charge >= 0.3 is 6.18 Å². The second-order valence-corrected chi connectivity index (χ2v) is 6.13. The molecular weight excluding hydrogens is 363 g/mol. The topological polar surface area (TPSA) is 90.5 Å². The fraction of sp³-hybridized carbons (Fsp3) is 0.312. The third-order valence-electron chi connectivity index (χ3n) is 4.36. The van der Waals surface area contributed by atoms with Gasteiger partial charge in [0.1, 0.15) is 12.0 Å². The van der Waals surface area contributed by atoms with Crippen LogP contribution in [0.15, 0.2) is 30.7 Å².